The zero-order chi connectivity index (χ0) is 13.8. The van der Waals surface area contributed by atoms with E-state index < -0.39 is 0 Å². The first kappa shape index (κ1) is 14.3. The average molecular weight is 244 g/mol. The number of amides is 1. The molecule has 0 aliphatic carbocycles. The van der Waals surface area contributed by atoms with Gasteiger partial charge in [0.25, 0.3) is 0 Å². The number of nitrogens with one attached hydrogen (secondary N) is 1. The minimum Gasteiger partial charge on any atom is -0.327 e. The quantitative estimate of drug-likeness (QED) is 0.802. The van der Waals surface area contributed by atoms with Gasteiger partial charge in [-0.3, -0.25) is 4.79 Å². The van der Waals surface area contributed by atoms with Crippen molar-refractivity contribution in [2.75, 3.05) is 5.32 Å². The fourth-order valence-corrected chi connectivity index (χ4v) is 1.40. The minimum atomic E-state index is -0.173. The number of benzene rings is 1. The van der Waals surface area contributed by atoms with Crippen molar-refractivity contribution in [2.24, 2.45) is 11.1 Å². The molecule has 1 unspecified atom stereocenters. The second-order valence-corrected chi connectivity index (χ2v) is 5.45. The van der Waals surface area contributed by atoms with Crippen molar-refractivity contribution in [3.63, 3.8) is 0 Å². The van der Waals surface area contributed by atoms with E-state index in [0.717, 1.165) is 5.56 Å². The van der Waals surface area contributed by atoms with Crippen LogP contribution >= 0.6 is 0 Å². The van der Waals surface area contributed by atoms with Crippen LogP contribution in [0.3, 0.4) is 0 Å². The van der Waals surface area contributed by atoms with E-state index in [9.17, 15) is 4.79 Å². The van der Waals surface area contributed by atoms with Gasteiger partial charge in [0.05, 0.1) is 0 Å². The lowest BCUT2D eigenvalue weighted by Gasteiger charge is -2.26. The summed E-state index contributed by atoms with van der Waals surface area (Å²) in [4.78, 5) is 11.8. The Morgan fingerprint density at radius 2 is 2.17 bits per heavy atom. The van der Waals surface area contributed by atoms with Crippen LogP contribution in [0.4, 0.5) is 5.69 Å². The molecule has 0 saturated heterocycles. The van der Waals surface area contributed by atoms with Gasteiger partial charge < -0.3 is 11.1 Å². The van der Waals surface area contributed by atoms with E-state index in [2.05, 4.69) is 11.2 Å². The van der Waals surface area contributed by atoms with Gasteiger partial charge in [-0.05, 0) is 23.6 Å². The van der Waals surface area contributed by atoms with Gasteiger partial charge in [0, 0.05) is 23.7 Å². The van der Waals surface area contributed by atoms with Crippen LogP contribution in [0.25, 0.3) is 0 Å². The predicted molar refractivity (Wildman–Crippen MR) is 75.1 cm³/mol. The third-order valence-electron chi connectivity index (χ3n) is 2.83. The highest BCUT2D eigenvalue weighted by Gasteiger charge is 2.23. The summed E-state index contributed by atoms with van der Waals surface area (Å²) in [6, 6.07) is 7.03. The molecule has 3 N–H and O–H groups in total. The summed E-state index contributed by atoms with van der Waals surface area (Å²) < 4.78 is 0. The minimum absolute atomic E-state index is 0.0853. The molecule has 0 aliphatic rings. The Balaban J connectivity index is 2.63. The Bertz CT molecular complexity index is 466. The Kier molecular flexibility index (Phi) is 4.52. The summed E-state index contributed by atoms with van der Waals surface area (Å²) in [6.45, 7) is 6.05. The average Bonchev–Trinajstić information content (AvgIpc) is 2.27. The molecular weight excluding hydrogens is 224 g/mol. The molecule has 0 aromatic heterocycles. The SMILES string of the molecule is C#Cc1cccc(NC(=O)CC(N)C(C)(C)C)c1. The van der Waals surface area contributed by atoms with Crippen molar-refractivity contribution < 1.29 is 4.79 Å². The number of hydrogen-bond donors (Lipinski definition) is 2. The van der Waals surface area contributed by atoms with Gasteiger partial charge in [-0.15, -0.1) is 6.42 Å². The third-order valence-corrected chi connectivity index (χ3v) is 2.83. The molecule has 0 saturated carbocycles. The van der Waals surface area contributed by atoms with Crippen molar-refractivity contribution >= 4 is 11.6 Å². The van der Waals surface area contributed by atoms with Crippen LogP contribution in [0.1, 0.15) is 32.8 Å². The van der Waals surface area contributed by atoms with Gasteiger partial charge >= 0.3 is 0 Å². The summed E-state index contributed by atoms with van der Waals surface area (Å²) in [5.74, 6) is 2.44. The van der Waals surface area contributed by atoms with E-state index in [4.69, 9.17) is 12.2 Å². The molecule has 0 bridgehead atoms. The molecule has 0 radical (unpaired) electrons. The Morgan fingerprint density at radius 3 is 2.72 bits per heavy atom. The van der Waals surface area contributed by atoms with Crippen molar-refractivity contribution in [1.82, 2.24) is 0 Å². The molecule has 0 heterocycles. The molecule has 1 amide bonds. The van der Waals surface area contributed by atoms with Crippen LogP contribution in [-0.2, 0) is 4.79 Å². The maximum Gasteiger partial charge on any atom is 0.225 e. The van der Waals surface area contributed by atoms with Crippen molar-refractivity contribution in [3.8, 4) is 12.3 Å². The molecule has 1 aromatic carbocycles. The lowest BCUT2D eigenvalue weighted by Crippen LogP contribution is -2.38. The zero-order valence-corrected chi connectivity index (χ0v) is 11.2. The summed E-state index contributed by atoms with van der Waals surface area (Å²) >= 11 is 0. The predicted octanol–water partition coefficient (Wildman–Crippen LogP) is 2.37. The van der Waals surface area contributed by atoms with Crippen LogP contribution in [0.15, 0.2) is 24.3 Å². The van der Waals surface area contributed by atoms with Crippen LogP contribution in [-0.4, -0.2) is 11.9 Å². The molecule has 96 valence electrons. The lowest BCUT2D eigenvalue weighted by molar-refractivity contribution is -0.117. The molecule has 18 heavy (non-hydrogen) atoms. The van der Waals surface area contributed by atoms with E-state index in [1.165, 1.54) is 0 Å². The number of nitrogens with two attached hydrogens (primary N) is 1. The van der Waals surface area contributed by atoms with Crippen molar-refractivity contribution in [1.29, 1.82) is 0 Å². The standard InChI is InChI=1S/C15H20N2O/c1-5-11-7-6-8-12(9-11)17-14(18)10-13(16)15(2,3)4/h1,6-9,13H,10,16H2,2-4H3,(H,17,18). The van der Waals surface area contributed by atoms with Crippen LogP contribution < -0.4 is 11.1 Å². The van der Waals surface area contributed by atoms with E-state index in [1.807, 2.05) is 32.9 Å². The van der Waals surface area contributed by atoms with Crippen LogP contribution in [0.2, 0.25) is 0 Å². The zero-order valence-electron chi connectivity index (χ0n) is 11.2. The summed E-state index contributed by atoms with van der Waals surface area (Å²) in [5.41, 5.74) is 7.33. The molecule has 3 nitrogen and oxygen atoms in total. The maximum atomic E-state index is 11.8. The number of carbonyl (C=O) groups excluding carboxylic acids is 1. The first-order chi connectivity index (χ1) is 8.32. The highest BCUT2D eigenvalue weighted by atomic mass is 16.1. The van der Waals surface area contributed by atoms with Crippen LogP contribution in [0.5, 0.6) is 0 Å². The lowest BCUT2D eigenvalue weighted by atomic mass is 9.85. The molecule has 0 aliphatic heterocycles. The third kappa shape index (κ3) is 4.23. The first-order valence-corrected chi connectivity index (χ1v) is 5.95. The topological polar surface area (TPSA) is 55.1 Å². The van der Waals surface area contributed by atoms with E-state index in [0.29, 0.717) is 12.1 Å². The van der Waals surface area contributed by atoms with Gasteiger partial charge in [0.1, 0.15) is 0 Å². The number of terminal acetylenes is 1. The molecular formula is C15H20N2O. The fraction of sp³-hybridized carbons (Fsp3) is 0.400. The van der Waals surface area contributed by atoms with Crippen molar-refractivity contribution in [2.45, 2.75) is 33.2 Å². The largest absolute Gasteiger partial charge is 0.327 e. The molecule has 1 atom stereocenters. The second-order valence-electron chi connectivity index (χ2n) is 5.45. The Morgan fingerprint density at radius 1 is 1.50 bits per heavy atom. The van der Waals surface area contributed by atoms with Crippen LogP contribution in [0, 0.1) is 17.8 Å². The number of carbonyl (C=O) groups is 1. The first-order valence-electron chi connectivity index (χ1n) is 5.95. The Hall–Kier alpha value is -1.79. The van der Waals surface area contributed by atoms with Gasteiger partial charge in [0.2, 0.25) is 5.91 Å². The van der Waals surface area contributed by atoms with E-state index in [1.54, 1.807) is 12.1 Å². The molecule has 3 heteroatoms. The monoisotopic (exact) mass is 244 g/mol. The van der Waals surface area contributed by atoms with Gasteiger partial charge in [0.15, 0.2) is 0 Å². The smallest absolute Gasteiger partial charge is 0.225 e. The van der Waals surface area contributed by atoms with Crippen molar-refractivity contribution in [3.05, 3.63) is 29.8 Å². The summed E-state index contributed by atoms with van der Waals surface area (Å²) in [6.07, 6.45) is 5.60. The maximum absolute atomic E-state index is 11.8. The molecule has 1 aromatic rings. The Labute approximate surface area is 109 Å². The normalized spacial score (nSPS) is 12.6. The van der Waals surface area contributed by atoms with E-state index in [-0.39, 0.29) is 17.4 Å². The fourth-order valence-electron chi connectivity index (χ4n) is 1.40. The van der Waals surface area contributed by atoms with Gasteiger partial charge in [-0.25, -0.2) is 0 Å². The summed E-state index contributed by atoms with van der Waals surface area (Å²) in [7, 11) is 0. The highest BCUT2D eigenvalue weighted by molar-refractivity contribution is 5.91. The molecule has 1 rings (SSSR count). The van der Waals surface area contributed by atoms with Gasteiger partial charge in [-0.1, -0.05) is 32.8 Å². The summed E-state index contributed by atoms with van der Waals surface area (Å²) in [5, 5.41) is 2.81. The highest BCUT2D eigenvalue weighted by Crippen LogP contribution is 2.20. The van der Waals surface area contributed by atoms with Gasteiger partial charge in [-0.2, -0.15) is 0 Å². The second kappa shape index (κ2) is 5.70. The molecule has 0 fully saturated rings. The number of rotatable bonds is 3. The number of hydrogen-bond acceptors (Lipinski definition) is 2. The van der Waals surface area contributed by atoms with E-state index >= 15 is 0 Å². The molecule has 0 spiro atoms. The number of anilines is 1.